The predicted molar refractivity (Wildman–Crippen MR) is 132 cm³/mol. The highest BCUT2D eigenvalue weighted by molar-refractivity contribution is 8.00. The van der Waals surface area contributed by atoms with Crippen molar-refractivity contribution in [1.82, 2.24) is 5.32 Å². The van der Waals surface area contributed by atoms with Crippen molar-refractivity contribution in [2.45, 2.75) is 17.3 Å². The average molecular weight is 477 g/mol. The second kappa shape index (κ2) is 8.92. The van der Waals surface area contributed by atoms with Crippen molar-refractivity contribution in [3.63, 3.8) is 0 Å². The number of primary amides is 1. The molecule has 0 aliphatic carbocycles. The first kappa shape index (κ1) is 22.1. The lowest BCUT2D eigenvalue weighted by atomic mass is 10.1. The van der Waals surface area contributed by atoms with Crippen LogP contribution in [0.1, 0.15) is 26.3 Å². The van der Waals surface area contributed by atoms with Gasteiger partial charge in [0.05, 0.1) is 5.69 Å². The summed E-state index contributed by atoms with van der Waals surface area (Å²) in [6, 6.07) is 16.4. The highest BCUT2D eigenvalue weighted by atomic mass is 32.2. The summed E-state index contributed by atoms with van der Waals surface area (Å²) in [5.74, 6) is 0.520. The molecule has 2 amide bonds. The maximum atomic E-state index is 13.0. The number of ether oxygens (including phenoxy) is 2. The van der Waals surface area contributed by atoms with Crippen LogP contribution in [0.5, 0.6) is 11.5 Å². The van der Waals surface area contributed by atoms with Gasteiger partial charge in [-0.05, 0) is 68.1 Å². The molecule has 8 nitrogen and oxygen atoms in total. The van der Waals surface area contributed by atoms with E-state index in [1.807, 2.05) is 44.3 Å². The first-order chi connectivity index (χ1) is 16.4. The summed E-state index contributed by atoms with van der Waals surface area (Å²) in [5.41, 5.74) is 9.96. The van der Waals surface area contributed by atoms with Gasteiger partial charge in [-0.15, -0.1) is 0 Å². The molecule has 2 aliphatic rings. The molecule has 0 spiro atoms. The molecule has 0 fully saturated rings. The van der Waals surface area contributed by atoms with Crippen LogP contribution in [0.25, 0.3) is 0 Å². The number of thioether (sulfide) groups is 1. The summed E-state index contributed by atoms with van der Waals surface area (Å²) >= 11 is 1.60. The summed E-state index contributed by atoms with van der Waals surface area (Å²) < 4.78 is 11.1. The number of amides is 2. The Morgan fingerprint density at radius 3 is 2.50 bits per heavy atom. The molecule has 2 heterocycles. The number of aryl methyl sites for hydroxylation is 1. The van der Waals surface area contributed by atoms with E-state index in [0.29, 0.717) is 41.5 Å². The summed E-state index contributed by atoms with van der Waals surface area (Å²) in [7, 11) is 1.88. The largest absolute Gasteiger partial charge is 0.486 e. The molecule has 3 aromatic carbocycles. The number of nitrogens with zero attached hydrogens (tertiary/aromatic N) is 1. The van der Waals surface area contributed by atoms with E-state index in [-0.39, 0.29) is 11.4 Å². The van der Waals surface area contributed by atoms with Gasteiger partial charge < -0.3 is 25.4 Å². The number of carbonyl (C=O) groups is 2. The number of hydrogen-bond acceptors (Lipinski definition) is 7. The maximum absolute atomic E-state index is 13.0. The molecule has 3 aromatic rings. The Balaban J connectivity index is 1.44. The number of carbonyl (C=O) groups excluding carboxylic acids is 2. The predicted octanol–water partition coefficient (Wildman–Crippen LogP) is 3.86. The molecule has 4 N–H and O–H groups in total. The van der Waals surface area contributed by atoms with Gasteiger partial charge in [-0.3, -0.25) is 14.9 Å². The van der Waals surface area contributed by atoms with Crippen LogP contribution in [0.15, 0.2) is 59.5 Å². The van der Waals surface area contributed by atoms with Gasteiger partial charge in [0.1, 0.15) is 18.7 Å². The van der Waals surface area contributed by atoms with Gasteiger partial charge in [0.25, 0.3) is 5.91 Å². The van der Waals surface area contributed by atoms with Crippen LogP contribution in [-0.2, 0) is 0 Å². The van der Waals surface area contributed by atoms with E-state index in [2.05, 4.69) is 15.5 Å². The summed E-state index contributed by atoms with van der Waals surface area (Å²) in [4.78, 5) is 27.7. The minimum Gasteiger partial charge on any atom is -0.486 e. The molecule has 0 aromatic heterocycles. The molecule has 0 saturated heterocycles. The van der Waals surface area contributed by atoms with Gasteiger partial charge in [0, 0.05) is 27.4 Å². The van der Waals surface area contributed by atoms with Gasteiger partial charge in [-0.1, -0.05) is 17.8 Å². The fourth-order valence-electron chi connectivity index (χ4n) is 4.04. The standard InChI is InChI=1S/C25H24N4O4S/c1-14-3-6-17(28-24(31)16-5-8-20-21(11-16)33-10-9-32-20)13-19(14)29-18-7-4-15(23(26)30)12-22(18)34-25(29)27-2/h3-8,11-13,25,27H,9-10H2,1-2H3,(H2,26,30)(H,28,31). The zero-order valence-corrected chi connectivity index (χ0v) is 19.6. The Morgan fingerprint density at radius 2 is 1.74 bits per heavy atom. The lowest BCUT2D eigenvalue weighted by molar-refractivity contribution is 0.0997. The Labute approximate surface area is 201 Å². The van der Waals surface area contributed by atoms with Crippen LogP contribution in [-0.4, -0.2) is 37.6 Å². The molecule has 174 valence electrons. The molecule has 0 bridgehead atoms. The highest BCUT2D eigenvalue weighted by Crippen LogP contribution is 2.48. The smallest absolute Gasteiger partial charge is 0.255 e. The van der Waals surface area contributed by atoms with Gasteiger partial charge in [-0.2, -0.15) is 0 Å². The van der Waals surface area contributed by atoms with E-state index in [0.717, 1.165) is 21.8 Å². The number of rotatable bonds is 5. The second-order valence-corrected chi connectivity index (χ2v) is 9.11. The first-order valence-corrected chi connectivity index (χ1v) is 11.7. The zero-order chi connectivity index (χ0) is 23.8. The Bertz CT molecular complexity index is 1300. The van der Waals surface area contributed by atoms with Crippen LogP contribution in [0, 0.1) is 6.92 Å². The van der Waals surface area contributed by atoms with Crippen LogP contribution < -0.4 is 30.7 Å². The average Bonchev–Trinajstić information content (AvgIpc) is 3.22. The Hall–Kier alpha value is -3.69. The van der Waals surface area contributed by atoms with Gasteiger partial charge >= 0.3 is 0 Å². The van der Waals surface area contributed by atoms with E-state index >= 15 is 0 Å². The van der Waals surface area contributed by atoms with E-state index in [4.69, 9.17) is 15.2 Å². The van der Waals surface area contributed by atoms with Crippen molar-refractivity contribution in [3.8, 4) is 11.5 Å². The second-order valence-electron chi connectivity index (χ2n) is 7.99. The quantitative estimate of drug-likeness (QED) is 0.513. The van der Waals surface area contributed by atoms with Crippen LogP contribution in [0.4, 0.5) is 17.1 Å². The molecule has 9 heteroatoms. The van der Waals surface area contributed by atoms with Crippen LogP contribution in [0.2, 0.25) is 0 Å². The fourth-order valence-corrected chi connectivity index (χ4v) is 5.21. The molecule has 0 saturated carbocycles. The third-order valence-corrected chi connectivity index (χ3v) is 7.01. The summed E-state index contributed by atoms with van der Waals surface area (Å²) in [6.07, 6.45) is 0. The van der Waals surface area contributed by atoms with Crippen LogP contribution >= 0.6 is 11.8 Å². The number of hydrogen-bond donors (Lipinski definition) is 3. The normalized spacial score (nSPS) is 16.2. The topological polar surface area (TPSA) is 106 Å². The first-order valence-electron chi connectivity index (χ1n) is 10.8. The van der Waals surface area contributed by atoms with Gasteiger partial charge in [0.15, 0.2) is 11.5 Å². The van der Waals surface area contributed by atoms with Crippen molar-refractivity contribution in [3.05, 3.63) is 71.3 Å². The highest BCUT2D eigenvalue weighted by Gasteiger charge is 2.32. The van der Waals surface area contributed by atoms with Crippen molar-refractivity contribution in [2.75, 3.05) is 30.5 Å². The van der Waals surface area contributed by atoms with Gasteiger partial charge in [-0.25, -0.2) is 0 Å². The third-order valence-electron chi connectivity index (χ3n) is 5.75. The molecule has 1 unspecified atom stereocenters. The maximum Gasteiger partial charge on any atom is 0.255 e. The minimum atomic E-state index is -0.456. The molecule has 34 heavy (non-hydrogen) atoms. The molecule has 0 radical (unpaired) electrons. The number of nitrogens with two attached hydrogens (primary N) is 1. The van der Waals surface area contributed by atoms with Crippen molar-refractivity contribution < 1.29 is 19.1 Å². The van der Waals surface area contributed by atoms with E-state index in [1.54, 1.807) is 36.0 Å². The monoisotopic (exact) mass is 476 g/mol. The summed E-state index contributed by atoms with van der Waals surface area (Å²) in [6.45, 7) is 2.98. The third kappa shape index (κ3) is 4.04. The number of benzene rings is 3. The molecule has 5 rings (SSSR count). The minimum absolute atomic E-state index is 0.0828. The van der Waals surface area contributed by atoms with Gasteiger partial charge in [0.2, 0.25) is 5.91 Å². The summed E-state index contributed by atoms with van der Waals surface area (Å²) in [5, 5.41) is 6.30. The Kier molecular flexibility index (Phi) is 5.80. The van der Waals surface area contributed by atoms with Crippen LogP contribution in [0.3, 0.4) is 0 Å². The molecular weight excluding hydrogens is 452 g/mol. The lowest BCUT2D eigenvalue weighted by Crippen LogP contribution is -2.35. The number of fused-ring (bicyclic) bond motifs is 2. The van der Waals surface area contributed by atoms with E-state index < -0.39 is 5.91 Å². The van der Waals surface area contributed by atoms with Crippen molar-refractivity contribution >= 4 is 40.6 Å². The number of anilines is 3. The number of nitrogens with one attached hydrogen (secondary N) is 2. The van der Waals surface area contributed by atoms with Crippen molar-refractivity contribution in [2.24, 2.45) is 5.73 Å². The lowest BCUT2D eigenvalue weighted by Gasteiger charge is -2.28. The SMILES string of the molecule is CNC1Sc2cc(C(N)=O)ccc2N1c1cc(NC(=O)c2ccc3c(c2)OCCO3)ccc1C. The molecular formula is C25H24N4O4S. The molecule has 1 atom stereocenters. The Morgan fingerprint density at radius 1 is 0.971 bits per heavy atom. The van der Waals surface area contributed by atoms with E-state index in [9.17, 15) is 9.59 Å². The fraction of sp³-hybridized carbons (Fsp3) is 0.200. The zero-order valence-electron chi connectivity index (χ0n) is 18.8. The van der Waals surface area contributed by atoms with Crippen molar-refractivity contribution in [1.29, 1.82) is 0 Å². The molecule has 2 aliphatic heterocycles. The van der Waals surface area contributed by atoms with E-state index in [1.165, 1.54) is 0 Å².